The maximum absolute atomic E-state index is 11.2. The van der Waals surface area contributed by atoms with Crippen molar-refractivity contribution in [2.45, 2.75) is 26.3 Å². The number of hydrogen-bond acceptors (Lipinski definition) is 4. The third-order valence-electron chi connectivity index (χ3n) is 1.81. The molecule has 0 spiro atoms. The van der Waals surface area contributed by atoms with Crippen molar-refractivity contribution in [2.75, 3.05) is 6.26 Å². The predicted octanol–water partition coefficient (Wildman–Crippen LogP) is 1.78. The molecule has 0 aromatic carbocycles. The van der Waals surface area contributed by atoms with E-state index < -0.39 is 10.0 Å². The maximum Gasteiger partial charge on any atom is 0.209 e. The van der Waals surface area contributed by atoms with Gasteiger partial charge in [0.05, 0.1) is 12.3 Å². The molecule has 0 fully saturated rings. The fourth-order valence-corrected chi connectivity index (χ4v) is 2.84. The zero-order chi connectivity index (χ0) is 11.5. The summed E-state index contributed by atoms with van der Waals surface area (Å²) in [6.45, 7) is 4.12. The van der Waals surface area contributed by atoms with E-state index in [1.165, 1.54) is 17.6 Å². The van der Waals surface area contributed by atoms with Gasteiger partial charge < -0.3 is 0 Å². The highest BCUT2D eigenvalue weighted by atomic mass is 32.2. The highest BCUT2D eigenvalue weighted by Crippen LogP contribution is 2.23. The minimum atomic E-state index is -3.18. The molecule has 1 aromatic rings. The molecule has 0 aliphatic rings. The van der Waals surface area contributed by atoms with Gasteiger partial charge in [-0.2, -0.15) is 0 Å². The van der Waals surface area contributed by atoms with Crippen molar-refractivity contribution in [3.63, 3.8) is 0 Å². The van der Waals surface area contributed by atoms with Gasteiger partial charge in [0, 0.05) is 11.6 Å². The van der Waals surface area contributed by atoms with E-state index in [1.54, 1.807) is 6.20 Å². The normalized spacial score (nSPS) is 14.4. The molecule has 1 rings (SSSR count). The Morgan fingerprint density at radius 3 is 2.60 bits per heavy atom. The van der Waals surface area contributed by atoms with Crippen LogP contribution >= 0.6 is 11.3 Å². The van der Waals surface area contributed by atoms with Crippen molar-refractivity contribution in [1.29, 1.82) is 0 Å². The van der Waals surface area contributed by atoms with Crippen LogP contribution in [0.15, 0.2) is 11.6 Å². The molecule has 0 saturated heterocycles. The summed E-state index contributed by atoms with van der Waals surface area (Å²) in [6.07, 6.45) is 3.63. The Balaban J connectivity index is 2.79. The van der Waals surface area contributed by atoms with Crippen molar-refractivity contribution >= 4 is 21.4 Å². The van der Waals surface area contributed by atoms with Gasteiger partial charge in [-0.1, -0.05) is 13.8 Å². The standard InChI is InChI=1S/C9H16N2O2S2/c1-7(2)6-8(11-15(3,12)13)9-10-4-5-14-9/h4-5,7-8,11H,6H2,1-3H3. The van der Waals surface area contributed by atoms with Crippen LogP contribution < -0.4 is 4.72 Å². The third kappa shape index (κ3) is 4.72. The molecule has 0 aliphatic heterocycles. The summed E-state index contributed by atoms with van der Waals surface area (Å²) in [4.78, 5) is 4.15. The van der Waals surface area contributed by atoms with Crippen LogP contribution in [-0.4, -0.2) is 19.7 Å². The van der Waals surface area contributed by atoms with Gasteiger partial charge in [0.25, 0.3) is 0 Å². The fraction of sp³-hybridized carbons (Fsp3) is 0.667. The Bertz CT molecular complexity index is 384. The molecule has 6 heteroatoms. The molecule has 1 atom stereocenters. The van der Waals surface area contributed by atoms with Crippen molar-refractivity contribution in [3.05, 3.63) is 16.6 Å². The van der Waals surface area contributed by atoms with E-state index in [9.17, 15) is 8.42 Å². The second-order valence-electron chi connectivity index (χ2n) is 3.94. The highest BCUT2D eigenvalue weighted by molar-refractivity contribution is 7.88. The summed E-state index contributed by atoms with van der Waals surface area (Å²) in [5.41, 5.74) is 0. The van der Waals surface area contributed by atoms with Crippen molar-refractivity contribution < 1.29 is 8.42 Å². The molecule has 4 nitrogen and oxygen atoms in total. The Kier molecular flexibility index (Phi) is 4.24. The maximum atomic E-state index is 11.2. The molecule has 0 radical (unpaired) electrons. The lowest BCUT2D eigenvalue weighted by Gasteiger charge is -2.16. The Labute approximate surface area is 94.8 Å². The molecule has 1 heterocycles. The first-order valence-electron chi connectivity index (χ1n) is 4.75. The third-order valence-corrected chi connectivity index (χ3v) is 3.41. The SMILES string of the molecule is CC(C)CC(NS(C)(=O)=O)c1nccs1. The molecule has 15 heavy (non-hydrogen) atoms. The van der Waals surface area contributed by atoms with Crippen LogP contribution in [0, 0.1) is 5.92 Å². The summed E-state index contributed by atoms with van der Waals surface area (Å²) < 4.78 is 25.0. The molecular formula is C9H16N2O2S2. The van der Waals surface area contributed by atoms with E-state index in [-0.39, 0.29) is 6.04 Å². The van der Waals surface area contributed by atoms with Gasteiger partial charge in [-0.3, -0.25) is 0 Å². The molecule has 0 aliphatic carbocycles. The van der Waals surface area contributed by atoms with Crippen molar-refractivity contribution in [3.8, 4) is 0 Å². The topological polar surface area (TPSA) is 59.1 Å². The second-order valence-corrected chi connectivity index (χ2v) is 6.65. The lowest BCUT2D eigenvalue weighted by molar-refractivity contribution is 0.472. The summed E-state index contributed by atoms with van der Waals surface area (Å²) in [6, 6.07) is -0.194. The van der Waals surface area contributed by atoms with Crippen LogP contribution in [0.3, 0.4) is 0 Å². The average Bonchev–Trinajstić information content (AvgIpc) is 2.50. The van der Waals surface area contributed by atoms with Crippen LogP contribution in [0.5, 0.6) is 0 Å². The van der Waals surface area contributed by atoms with Gasteiger partial charge in [0.1, 0.15) is 5.01 Å². The number of hydrogen-bond donors (Lipinski definition) is 1. The number of aromatic nitrogens is 1. The van der Waals surface area contributed by atoms with Gasteiger partial charge in [-0.05, 0) is 12.3 Å². The van der Waals surface area contributed by atoms with Crippen LogP contribution in [0.4, 0.5) is 0 Å². The molecular weight excluding hydrogens is 232 g/mol. The number of thiazole rings is 1. The van der Waals surface area contributed by atoms with Crippen molar-refractivity contribution in [2.24, 2.45) is 5.92 Å². The molecule has 0 amide bonds. The lowest BCUT2D eigenvalue weighted by Crippen LogP contribution is -2.28. The van der Waals surface area contributed by atoms with E-state index in [0.29, 0.717) is 5.92 Å². The largest absolute Gasteiger partial charge is 0.248 e. The number of nitrogens with zero attached hydrogens (tertiary/aromatic N) is 1. The number of rotatable bonds is 5. The van der Waals surface area contributed by atoms with E-state index in [4.69, 9.17) is 0 Å². The Morgan fingerprint density at radius 1 is 1.53 bits per heavy atom. The summed E-state index contributed by atoms with van der Waals surface area (Å²) >= 11 is 1.48. The van der Waals surface area contributed by atoms with Crippen LogP contribution in [0.1, 0.15) is 31.3 Å². The zero-order valence-electron chi connectivity index (χ0n) is 9.10. The highest BCUT2D eigenvalue weighted by Gasteiger charge is 2.19. The van der Waals surface area contributed by atoms with Gasteiger partial charge >= 0.3 is 0 Å². The summed E-state index contributed by atoms with van der Waals surface area (Å²) in [5, 5.41) is 2.68. The lowest BCUT2D eigenvalue weighted by atomic mass is 10.1. The number of sulfonamides is 1. The van der Waals surface area contributed by atoms with Crippen LogP contribution in [0.25, 0.3) is 0 Å². The average molecular weight is 248 g/mol. The van der Waals surface area contributed by atoms with E-state index >= 15 is 0 Å². The van der Waals surface area contributed by atoms with Gasteiger partial charge in [-0.15, -0.1) is 11.3 Å². The first-order chi connectivity index (χ1) is 6.88. The molecule has 1 aromatic heterocycles. The van der Waals surface area contributed by atoms with Gasteiger partial charge in [-0.25, -0.2) is 18.1 Å². The van der Waals surface area contributed by atoms with Gasteiger partial charge in [0.15, 0.2) is 0 Å². The van der Waals surface area contributed by atoms with E-state index in [0.717, 1.165) is 11.4 Å². The Hall–Kier alpha value is -0.460. The number of nitrogens with one attached hydrogen (secondary N) is 1. The van der Waals surface area contributed by atoms with E-state index in [1.807, 2.05) is 5.38 Å². The van der Waals surface area contributed by atoms with E-state index in [2.05, 4.69) is 23.6 Å². The summed E-state index contributed by atoms with van der Waals surface area (Å²) in [7, 11) is -3.18. The molecule has 0 bridgehead atoms. The first kappa shape index (κ1) is 12.6. The van der Waals surface area contributed by atoms with Crippen molar-refractivity contribution in [1.82, 2.24) is 9.71 Å². The van der Waals surface area contributed by atoms with Crippen LogP contribution in [0.2, 0.25) is 0 Å². The summed E-state index contributed by atoms with van der Waals surface area (Å²) in [5.74, 6) is 0.424. The second kappa shape index (κ2) is 5.05. The first-order valence-corrected chi connectivity index (χ1v) is 7.52. The smallest absolute Gasteiger partial charge is 0.209 e. The zero-order valence-corrected chi connectivity index (χ0v) is 10.7. The minimum Gasteiger partial charge on any atom is -0.248 e. The molecule has 1 N–H and O–H groups in total. The Morgan fingerprint density at radius 2 is 2.20 bits per heavy atom. The molecule has 86 valence electrons. The minimum absolute atomic E-state index is 0.194. The quantitative estimate of drug-likeness (QED) is 0.864. The van der Waals surface area contributed by atoms with Gasteiger partial charge in [0.2, 0.25) is 10.0 Å². The van der Waals surface area contributed by atoms with Crippen LogP contribution in [-0.2, 0) is 10.0 Å². The molecule has 1 unspecified atom stereocenters. The monoisotopic (exact) mass is 248 g/mol. The molecule has 0 saturated carbocycles. The predicted molar refractivity (Wildman–Crippen MR) is 62.3 cm³/mol. The fourth-order valence-electron chi connectivity index (χ4n) is 1.34.